The van der Waals surface area contributed by atoms with E-state index in [1.807, 2.05) is 62.4 Å². The van der Waals surface area contributed by atoms with Crippen molar-refractivity contribution >= 4 is 23.5 Å². The molecule has 1 amide bonds. The second kappa shape index (κ2) is 7.24. The molecular weight excluding hydrogens is 351 g/mol. The van der Waals surface area contributed by atoms with E-state index in [1.54, 1.807) is 23.1 Å². The number of aliphatic imine (C=N–C) groups is 1. The van der Waals surface area contributed by atoms with Crippen LogP contribution in [0.25, 0.3) is 6.08 Å². The summed E-state index contributed by atoms with van der Waals surface area (Å²) in [5.74, 6) is 0.0657. The molecule has 0 spiro atoms. The van der Waals surface area contributed by atoms with Crippen LogP contribution in [0.4, 0.5) is 10.1 Å². The fraction of sp³-hybridized carbons (Fsp3) is 0.0833. The average molecular weight is 370 g/mol. The molecular formula is C24H19FN2O. The Kier molecular flexibility index (Phi) is 4.62. The van der Waals surface area contributed by atoms with Crippen LogP contribution in [0.15, 0.2) is 83.5 Å². The summed E-state index contributed by atoms with van der Waals surface area (Å²) in [7, 11) is 0. The van der Waals surface area contributed by atoms with E-state index in [-0.39, 0.29) is 11.7 Å². The topological polar surface area (TPSA) is 32.7 Å². The van der Waals surface area contributed by atoms with Crippen molar-refractivity contribution in [2.45, 2.75) is 13.8 Å². The zero-order valence-electron chi connectivity index (χ0n) is 15.7. The normalized spacial score (nSPS) is 15.2. The molecule has 1 aliphatic heterocycles. The molecule has 1 heterocycles. The molecule has 3 aromatic carbocycles. The molecule has 3 nitrogen and oxygen atoms in total. The fourth-order valence-corrected chi connectivity index (χ4v) is 3.06. The zero-order valence-corrected chi connectivity index (χ0v) is 15.7. The first-order valence-corrected chi connectivity index (χ1v) is 9.05. The third kappa shape index (κ3) is 3.49. The van der Waals surface area contributed by atoms with E-state index in [4.69, 9.17) is 0 Å². The number of rotatable bonds is 3. The van der Waals surface area contributed by atoms with Gasteiger partial charge in [0.05, 0.1) is 5.69 Å². The fourth-order valence-electron chi connectivity index (χ4n) is 3.06. The van der Waals surface area contributed by atoms with Gasteiger partial charge in [0.15, 0.2) is 0 Å². The molecule has 0 saturated heterocycles. The molecule has 138 valence electrons. The quantitative estimate of drug-likeness (QED) is 0.578. The standard InChI is InChI=1S/C24H19FN2O/c1-16-3-9-19(10-4-16)23-26-22(15-18-7-11-20(25)12-8-18)24(28)27(23)21-13-5-17(2)6-14-21/h3-15H,1-2H3/b22-15+. The summed E-state index contributed by atoms with van der Waals surface area (Å²) in [6, 6.07) is 21.7. The minimum Gasteiger partial charge on any atom is -0.266 e. The van der Waals surface area contributed by atoms with Crippen LogP contribution in [-0.2, 0) is 4.79 Å². The second-order valence-electron chi connectivity index (χ2n) is 6.86. The SMILES string of the molecule is Cc1ccc(C2=N/C(=C/c3ccc(F)cc3)C(=O)N2c2ccc(C)cc2)cc1. The van der Waals surface area contributed by atoms with Gasteiger partial charge in [0.1, 0.15) is 17.3 Å². The van der Waals surface area contributed by atoms with Crippen molar-refractivity contribution in [1.29, 1.82) is 0 Å². The van der Waals surface area contributed by atoms with Gasteiger partial charge in [0.25, 0.3) is 5.91 Å². The van der Waals surface area contributed by atoms with Crippen molar-refractivity contribution in [2.24, 2.45) is 4.99 Å². The van der Waals surface area contributed by atoms with Crippen LogP contribution in [0.3, 0.4) is 0 Å². The highest BCUT2D eigenvalue weighted by atomic mass is 19.1. The molecule has 4 rings (SSSR count). The first kappa shape index (κ1) is 17.9. The molecule has 0 saturated carbocycles. The number of carbonyl (C=O) groups excluding carboxylic acids is 1. The Balaban J connectivity index is 1.81. The Labute approximate surface area is 163 Å². The number of hydrogen-bond acceptors (Lipinski definition) is 2. The maximum atomic E-state index is 13.2. The van der Waals surface area contributed by atoms with E-state index in [1.165, 1.54) is 12.1 Å². The number of anilines is 1. The lowest BCUT2D eigenvalue weighted by Crippen LogP contribution is -2.32. The lowest BCUT2D eigenvalue weighted by Gasteiger charge is -2.19. The second-order valence-corrected chi connectivity index (χ2v) is 6.86. The molecule has 0 fully saturated rings. The van der Waals surface area contributed by atoms with E-state index >= 15 is 0 Å². The zero-order chi connectivity index (χ0) is 19.7. The number of aryl methyl sites for hydroxylation is 2. The maximum absolute atomic E-state index is 13.2. The van der Waals surface area contributed by atoms with E-state index in [0.29, 0.717) is 11.5 Å². The monoisotopic (exact) mass is 370 g/mol. The van der Waals surface area contributed by atoms with E-state index < -0.39 is 0 Å². The number of carbonyl (C=O) groups is 1. The predicted molar refractivity (Wildman–Crippen MR) is 111 cm³/mol. The summed E-state index contributed by atoms with van der Waals surface area (Å²) >= 11 is 0. The average Bonchev–Trinajstić information content (AvgIpc) is 3.01. The number of halogens is 1. The van der Waals surface area contributed by atoms with Gasteiger partial charge in [0, 0.05) is 5.56 Å². The maximum Gasteiger partial charge on any atom is 0.282 e. The largest absolute Gasteiger partial charge is 0.282 e. The number of nitrogens with zero attached hydrogens (tertiary/aromatic N) is 2. The highest BCUT2D eigenvalue weighted by Crippen LogP contribution is 2.28. The van der Waals surface area contributed by atoms with Crippen molar-refractivity contribution in [1.82, 2.24) is 0 Å². The number of hydrogen-bond donors (Lipinski definition) is 0. The summed E-state index contributed by atoms with van der Waals surface area (Å²) in [5, 5.41) is 0. The smallest absolute Gasteiger partial charge is 0.266 e. The molecule has 3 aromatic rings. The Hall–Kier alpha value is -3.53. The van der Waals surface area contributed by atoms with Gasteiger partial charge in [-0.2, -0.15) is 0 Å². The lowest BCUT2D eigenvalue weighted by molar-refractivity contribution is -0.113. The Bertz CT molecular complexity index is 1080. The van der Waals surface area contributed by atoms with Gasteiger partial charge < -0.3 is 0 Å². The van der Waals surface area contributed by atoms with Crippen molar-refractivity contribution < 1.29 is 9.18 Å². The summed E-state index contributed by atoms with van der Waals surface area (Å²) in [5.41, 5.74) is 4.92. The molecule has 0 aromatic heterocycles. The van der Waals surface area contributed by atoms with Crippen LogP contribution in [0.2, 0.25) is 0 Å². The summed E-state index contributed by atoms with van der Waals surface area (Å²) in [6.45, 7) is 4.02. The van der Waals surface area contributed by atoms with Crippen LogP contribution >= 0.6 is 0 Å². The molecule has 0 radical (unpaired) electrons. The molecule has 0 atom stereocenters. The number of benzene rings is 3. The van der Waals surface area contributed by atoms with Gasteiger partial charge in [-0.25, -0.2) is 9.38 Å². The minimum atomic E-state index is -0.315. The summed E-state index contributed by atoms with van der Waals surface area (Å²) < 4.78 is 13.2. The third-order valence-electron chi connectivity index (χ3n) is 4.64. The number of amides is 1. The Morgan fingerprint density at radius 1 is 0.821 bits per heavy atom. The van der Waals surface area contributed by atoms with Gasteiger partial charge in [0.2, 0.25) is 0 Å². The molecule has 0 bridgehead atoms. The summed E-state index contributed by atoms with van der Waals surface area (Å²) in [4.78, 5) is 19.4. The van der Waals surface area contributed by atoms with Crippen LogP contribution < -0.4 is 4.90 Å². The van der Waals surface area contributed by atoms with Crippen LogP contribution in [0.1, 0.15) is 22.3 Å². The molecule has 0 N–H and O–H groups in total. The van der Waals surface area contributed by atoms with Crippen LogP contribution in [0.5, 0.6) is 0 Å². The first-order valence-electron chi connectivity index (χ1n) is 9.05. The van der Waals surface area contributed by atoms with Crippen molar-refractivity contribution in [2.75, 3.05) is 4.90 Å². The lowest BCUT2D eigenvalue weighted by atomic mass is 10.1. The third-order valence-corrected chi connectivity index (χ3v) is 4.64. The van der Waals surface area contributed by atoms with Gasteiger partial charge in [-0.3, -0.25) is 9.69 Å². The van der Waals surface area contributed by atoms with Crippen LogP contribution in [-0.4, -0.2) is 11.7 Å². The molecule has 0 aliphatic carbocycles. The van der Waals surface area contributed by atoms with E-state index in [2.05, 4.69) is 4.99 Å². The van der Waals surface area contributed by atoms with Crippen molar-refractivity contribution in [3.05, 3.63) is 107 Å². The van der Waals surface area contributed by atoms with Gasteiger partial charge in [-0.1, -0.05) is 59.7 Å². The highest BCUT2D eigenvalue weighted by molar-refractivity contribution is 6.33. The highest BCUT2D eigenvalue weighted by Gasteiger charge is 2.32. The van der Waals surface area contributed by atoms with Crippen molar-refractivity contribution in [3.8, 4) is 0 Å². The number of amidine groups is 1. The van der Waals surface area contributed by atoms with E-state index in [9.17, 15) is 9.18 Å². The Morgan fingerprint density at radius 3 is 2.00 bits per heavy atom. The van der Waals surface area contributed by atoms with E-state index in [0.717, 1.165) is 27.9 Å². The molecule has 1 aliphatic rings. The van der Waals surface area contributed by atoms with Gasteiger partial charge in [-0.15, -0.1) is 0 Å². The van der Waals surface area contributed by atoms with Gasteiger partial charge >= 0.3 is 0 Å². The summed E-state index contributed by atoms with van der Waals surface area (Å²) in [6.07, 6.45) is 1.68. The van der Waals surface area contributed by atoms with Crippen LogP contribution in [0, 0.1) is 19.7 Å². The molecule has 4 heteroatoms. The van der Waals surface area contributed by atoms with Gasteiger partial charge in [-0.05, 0) is 49.8 Å². The first-order chi connectivity index (χ1) is 13.5. The molecule has 28 heavy (non-hydrogen) atoms. The molecule has 0 unspecified atom stereocenters. The predicted octanol–water partition coefficient (Wildman–Crippen LogP) is 5.28. The minimum absolute atomic E-state index is 0.205. The Morgan fingerprint density at radius 2 is 1.39 bits per heavy atom. The van der Waals surface area contributed by atoms with Crippen molar-refractivity contribution in [3.63, 3.8) is 0 Å².